The summed E-state index contributed by atoms with van der Waals surface area (Å²) in [6, 6.07) is 5.76. The lowest BCUT2D eigenvalue weighted by Gasteiger charge is -2.12. The van der Waals surface area contributed by atoms with E-state index in [1.165, 1.54) is 17.1 Å². The van der Waals surface area contributed by atoms with Gasteiger partial charge >= 0.3 is 0 Å². The Balaban J connectivity index is 2.36. The van der Waals surface area contributed by atoms with Crippen LogP contribution in [0.1, 0.15) is 19.8 Å². The fourth-order valence-electron chi connectivity index (χ4n) is 2.02. The lowest BCUT2D eigenvalue weighted by molar-refractivity contribution is -0.114. The second kappa shape index (κ2) is 5.86. The largest absolute Gasteiger partial charge is 0.383 e. The van der Waals surface area contributed by atoms with Crippen molar-refractivity contribution < 1.29 is 9.18 Å². The maximum Gasteiger partial charge on any atom is 0.282 e. The Morgan fingerprint density at radius 1 is 1.30 bits per heavy atom. The van der Waals surface area contributed by atoms with Crippen LogP contribution in [0.2, 0.25) is 0 Å². The van der Waals surface area contributed by atoms with Gasteiger partial charge in [0.05, 0.1) is 17.0 Å². The first-order valence-electron chi connectivity index (χ1n) is 6.59. The van der Waals surface area contributed by atoms with Gasteiger partial charge < -0.3 is 4.90 Å². The van der Waals surface area contributed by atoms with Crippen molar-refractivity contribution in [3.63, 3.8) is 0 Å². The molecule has 20 heavy (non-hydrogen) atoms. The minimum absolute atomic E-state index is 0.172. The summed E-state index contributed by atoms with van der Waals surface area (Å²) >= 11 is 0. The van der Waals surface area contributed by atoms with Crippen molar-refractivity contribution in [2.45, 2.75) is 19.8 Å². The highest BCUT2D eigenvalue weighted by Crippen LogP contribution is 2.25. The summed E-state index contributed by atoms with van der Waals surface area (Å²) in [5.41, 5.74) is 1.95. The first-order chi connectivity index (χ1) is 9.52. The molecule has 4 nitrogen and oxygen atoms in total. The lowest BCUT2D eigenvalue weighted by Crippen LogP contribution is -2.22. The Labute approximate surface area is 118 Å². The Kier molecular flexibility index (Phi) is 4.17. The van der Waals surface area contributed by atoms with Crippen LogP contribution in [0.4, 0.5) is 10.1 Å². The fourth-order valence-corrected chi connectivity index (χ4v) is 2.02. The van der Waals surface area contributed by atoms with E-state index < -0.39 is 0 Å². The van der Waals surface area contributed by atoms with Crippen LogP contribution in [0.3, 0.4) is 0 Å². The molecule has 2 rings (SSSR count). The Morgan fingerprint density at radius 3 is 2.50 bits per heavy atom. The number of hydrogen-bond donors (Lipinski definition) is 0. The molecule has 0 spiro atoms. The highest BCUT2D eigenvalue weighted by atomic mass is 19.1. The van der Waals surface area contributed by atoms with Gasteiger partial charge in [-0.2, -0.15) is 10.1 Å². The predicted molar refractivity (Wildman–Crippen MR) is 78.0 cm³/mol. The number of hydrogen-bond acceptors (Lipinski definition) is 3. The number of carbonyl (C=O) groups is 1. The van der Waals surface area contributed by atoms with Crippen molar-refractivity contribution in [2.75, 3.05) is 19.1 Å². The Hall–Kier alpha value is -2.17. The third-order valence-electron chi connectivity index (χ3n) is 2.90. The maximum atomic E-state index is 13.0. The smallest absolute Gasteiger partial charge is 0.282 e. The molecule has 1 aliphatic rings. The fraction of sp³-hybridized carbons (Fsp3) is 0.333. The molecule has 0 saturated heterocycles. The third kappa shape index (κ3) is 2.87. The number of amides is 1. The molecule has 0 aliphatic carbocycles. The topological polar surface area (TPSA) is 35.9 Å². The summed E-state index contributed by atoms with van der Waals surface area (Å²) in [5.74, 6) is -0.504. The van der Waals surface area contributed by atoms with Crippen LogP contribution in [0.5, 0.6) is 0 Å². The summed E-state index contributed by atoms with van der Waals surface area (Å²) in [6.07, 6.45) is 3.43. The Morgan fingerprint density at radius 2 is 1.95 bits per heavy atom. The minimum atomic E-state index is -0.331. The van der Waals surface area contributed by atoms with Crippen LogP contribution in [-0.4, -0.2) is 30.6 Å². The molecule has 1 aromatic carbocycles. The van der Waals surface area contributed by atoms with E-state index in [2.05, 4.69) is 5.10 Å². The second-order valence-corrected chi connectivity index (χ2v) is 4.90. The lowest BCUT2D eigenvalue weighted by atomic mass is 10.1. The molecule has 1 amide bonds. The van der Waals surface area contributed by atoms with E-state index in [4.69, 9.17) is 0 Å². The van der Waals surface area contributed by atoms with Crippen molar-refractivity contribution in [3.8, 4) is 0 Å². The van der Waals surface area contributed by atoms with E-state index in [0.717, 1.165) is 18.6 Å². The van der Waals surface area contributed by atoms with E-state index in [-0.39, 0.29) is 11.7 Å². The van der Waals surface area contributed by atoms with Gasteiger partial charge in [-0.05, 0) is 30.7 Å². The van der Waals surface area contributed by atoms with Crippen LogP contribution >= 0.6 is 0 Å². The van der Waals surface area contributed by atoms with Gasteiger partial charge in [0, 0.05) is 20.3 Å². The zero-order chi connectivity index (χ0) is 14.7. The second-order valence-electron chi connectivity index (χ2n) is 4.90. The molecule has 0 bridgehead atoms. The van der Waals surface area contributed by atoms with Gasteiger partial charge in [-0.25, -0.2) is 4.39 Å². The molecule has 0 N–H and O–H groups in total. The number of nitrogens with zero attached hydrogens (tertiary/aromatic N) is 3. The van der Waals surface area contributed by atoms with Gasteiger partial charge in [-0.3, -0.25) is 4.79 Å². The number of carbonyl (C=O) groups excluding carboxylic acids is 1. The van der Waals surface area contributed by atoms with E-state index in [0.29, 0.717) is 11.3 Å². The predicted octanol–water partition coefficient (Wildman–Crippen LogP) is 2.77. The minimum Gasteiger partial charge on any atom is -0.383 e. The molecule has 1 heterocycles. The maximum absolute atomic E-state index is 13.0. The molecule has 106 valence electrons. The highest BCUT2D eigenvalue weighted by Gasteiger charge is 2.30. The van der Waals surface area contributed by atoms with E-state index >= 15 is 0 Å². The van der Waals surface area contributed by atoms with Crippen molar-refractivity contribution in [3.05, 3.63) is 41.9 Å². The van der Waals surface area contributed by atoms with Gasteiger partial charge in [-0.15, -0.1) is 0 Å². The summed E-state index contributed by atoms with van der Waals surface area (Å²) in [4.78, 5) is 14.3. The summed E-state index contributed by atoms with van der Waals surface area (Å²) < 4.78 is 13.0. The first-order valence-corrected chi connectivity index (χ1v) is 6.59. The quantitative estimate of drug-likeness (QED) is 0.792. The average Bonchev–Trinajstić information content (AvgIpc) is 2.69. The van der Waals surface area contributed by atoms with Gasteiger partial charge in [0.25, 0.3) is 5.91 Å². The number of rotatable bonds is 4. The molecule has 0 unspecified atom stereocenters. The van der Waals surface area contributed by atoms with Crippen LogP contribution in [0.15, 0.2) is 41.1 Å². The SMILES string of the molecule is CCCC1=NN(c2ccc(F)cc2)C(=O)/C1=C/N(C)C. The summed E-state index contributed by atoms with van der Waals surface area (Å²) in [6.45, 7) is 2.04. The van der Waals surface area contributed by atoms with Gasteiger partial charge in [0.2, 0.25) is 0 Å². The molecular formula is C15H18FN3O. The summed E-state index contributed by atoms with van der Waals surface area (Å²) in [7, 11) is 3.73. The van der Waals surface area contributed by atoms with Crippen molar-refractivity contribution in [2.24, 2.45) is 5.10 Å². The van der Waals surface area contributed by atoms with Crippen molar-refractivity contribution >= 4 is 17.3 Å². The standard InChI is InChI=1S/C15H18FN3O/c1-4-5-14-13(10-18(2)3)15(20)19(17-14)12-8-6-11(16)7-9-12/h6-10H,4-5H2,1-3H3/b13-10+. The first kappa shape index (κ1) is 14.2. The van der Waals surface area contributed by atoms with E-state index in [9.17, 15) is 9.18 Å². The number of halogens is 1. The van der Waals surface area contributed by atoms with Crippen LogP contribution in [-0.2, 0) is 4.79 Å². The van der Waals surface area contributed by atoms with E-state index in [1.807, 2.05) is 25.9 Å². The zero-order valence-electron chi connectivity index (χ0n) is 11.9. The summed E-state index contributed by atoms with van der Waals surface area (Å²) in [5, 5.41) is 5.71. The van der Waals surface area contributed by atoms with Crippen molar-refractivity contribution in [1.82, 2.24) is 4.90 Å². The Bertz CT molecular complexity index is 561. The van der Waals surface area contributed by atoms with Gasteiger partial charge in [0.15, 0.2) is 0 Å². The molecule has 0 atom stereocenters. The molecule has 5 heteroatoms. The highest BCUT2D eigenvalue weighted by molar-refractivity contribution is 6.30. The molecule has 0 aromatic heterocycles. The molecular weight excluding hydrogens is 257 g/mol. The van der Waals surface area contributed by atoms with Crippen LogP contribution < -0.4 is 5.01 Å². The molecule has 1 aliphatic heterocycles. The van der Waals surface area contributed by atoms with Crippen molar-refractivity contribution in [1.29, 1.82) is 0 Å². The van der Waals surface area contributed by atoms with Gasteiger partial charge in [0.1, 0.15) is 5.82 Å². The number of benzene rings is 1. The molecule has 0 radical (unpaired) electrons. The third-order valence-corrected chi connectivity index (χ3v) is 2.90. The molecule has 0 fully saturated rings. The normalized spacial score (nSPS) is 16.8. The zero-order valence-corrected chi connectivity index (χ0v) is 11.9. The van der Waals surface area contributed by atoms with E-state index in [1.54, 1.807) is 18.3 Å². The van der Waals surface area contributed by atoms with Crippen LogP contribution in [0, 0.1) is 5.82 Å². The number of anilines is 1. The van der Waals surface area contributed by atoms with Gasteiger partial charge in [-0.1, -0.05) is 13.3 Å². The molecule has 0 saturated carbocycles. The monoisotopic (exact) mass is 275 g/mol. The number of hydrazone groups is 1. The average molecular weight is 275 g/mol. The molecule has 1 aromatic rings. The van der Waals surface area contributed by atoms with Crippen LogP contribution in [0.25, 0.3) is 0 Å².